The van der Waals surface area contributed by atoms with Crippen molar-refractivity contribution in [3.8, 4) is 0 Å². The van der Waals surface area contributed by atoms with Gasteiger partial charge in [0.05, 0.1) is 6.42 Å². The summed E-state index contributed by atoms with van der Waals surface area (Å²) in [5, 5.41) is 2.97. The van der Waals surface area contributed by atoms with Crippen LogP contribution < -0.4 is 5.32 Å². The number of nitrogens with zero attached hydrogens (tertiary/aromatic N) is 2. The van der Waals surface area contributed by atoms with Crippen molar-refractivity contribution in [3.63, 3.8) is 0 Å². The Morgan fingerprint density at radius 3 is 2.53 bits per heavy atom. The van der Waals surface area contributed by atoms with Gasteiger partial charge in [-0.15, -0.1) is 0 Å². The summed E-state index contributed by atoms with van der Waals surface area (Å²) < 4.78 is 0. The lowest BCUT2D eigenvalue weighted by atomic mass is 10.1. The molecule has 0 radical (unpaired) electrons. The Balaban J connectivity index is 1.38. The van der Waals surface area contributed by atoms with E-state index >= 15 is 0 Å². The second-order valence-electron chi connectivity index (χ2n) is 8.02. The molecule has 2 fully saturated rings. The minimum absolute atomic E-state index is 0.0138. The Labute approximate surface area is 176 Å². The molecule has 6 nitrogen and oxygen atoms in total. The van der Waals surface area contributed by atoms with Crippen LogP contribution >= 0.6 is 0 Å². The van der Waals surface area contributed by atoms with Gasteiger partial charge < -0.3 is 15.1 Å². The number of carbonyl (C=O) groups is 3. The zero-order valence-corrected chi connectivity index (χ0v) is 17.0. The third kappa shape index (κ3) is 4.70. The van der Waals surface area contributed by atoms with Gasteiger partial charge in [-0.1, -0.05) is 42.5 Å². The average molecular weight is 405 g/mol. The fourth-order valence-corrected chi connectivity index (χ4v) is 4.27. The highest BCUT2D eigenvalue weighted by Gasteiger charge is 2.34. The van der Waals surface area contributed by atoms with E-state index in [1.165, 1.54) is 0 Å². The van der Waals surface area contributed by atoms with Crippen molar-refractivity contribution >= 4 is 23.4 Å². The van der Waals surface area contributed by atoms with Gasteiger partial charge in [-0.05, 0) is 42.5 Å². The largest absolute Gasteiger partial charge is 0.338 e. The molecule has 0 aromatic heterocycles. The first-order valence-electron chi connectivity index (χ1n) is 10.6. The standard InChI is InChI=1S/C24H27N3O3/c28-22-12-6-13-26(22)17-19-9-4-10-20(15-19)25-24(30)21-11-5-14-27(21)23(29)16-18-7-2-1-3-8-18/h1-4,7-10,15,21H,5-6,11-14,16-17H2,(H,25,30). The van der Waals surface area contributed by atoms with Crippen molar-refractivity contribution in [3.05, 3.63) is 65.7 Å². The molecule has 1 atom stereocenters. The van der Waals surface area contributed by atoms with E-state index in [1.807, 2.05) is 59.5 Å². The average Bonchev–Trinajstić information content (AvgIpc) is 3.39. The first-order valence-corrected chi connectivity index (χ1v) is 10.6. The lowest BCUT2D eigenvalue weighted by Gasteiger charge is -2.24. The summed E-state index contributed by atoms with van der Waals surface area (Å²) in [7, 11) is 0. The number of anilines is 1. The highest BCUT2D eigenvalue weighted by atomic mass is 16.2. The summed E-state index contributed by atoms with van der Waals surface area (Å²) in [6.07, 6.45) is 3.34. The van der Waals surface area contributed by atoms with Crippen LogP contribution in [-0.4, -0.2) is 46.7 Å². The van der Waals surface area contributed by atoms with Gasteiger partial charge in [-0.3, -0.25) is 14.4 Å². The van der Waals surface area contributed by atoms with E-state index in [0.717, 1.165) is 30.5 Å². The fraction of sp³-hybridized carbons (Fsp3) is 0.375. The van der Waals surface area contributed by atoms with E-state index in [2.05, 4.69) is 5.32 Å². The number of carbonyl (C=O) groups excluding carboxylic acids is 3. The molecular formula is C24H27N3O3. The Bertz CT molecular complexity index is 928. The Morgan fingerprint density at radius 1 is 0.967 bits per heavy atom. The SMILES string of the molecule is O=C(Nc1cccc(CN2CCCC2=O)c1)C1CCCN1C(=O)Cc1ccccc1. The maximum Gasteiger partial charge on any atom is 0.247 e. The molecule has 0 aliphatic carbocycles. The highest BCUT2D eigenvalue weighted by Crippen LogP contribution is 2.22. The van der Waals surface area contributed by atoms with Crippen molar-refractivity contribution in [1.29, 1.82) is 0 Å². The zero-order chi connectivity index (χ0) is 20.9. The summed E-state index contributed by atoms with van der Waals surface area (Å²) >= 11 is 0. The van der Waals surface area contributed by atoms with E-state index in [-0.39, 0.29) is 17.7 Å². The normalized spacial score (nSPS) is 18.7. The quantitative estimate of drug-likeness (QED) is 0.803. The predicted molar refractivity (Wildman–Crippen MR) is 115 cm³/mol. The number of hydrogen-bond donors (Lipinski definition) is 1. The molecule has 2 heterocycles. The van der Waals surface area contributed by atoms with E-state index in [1.54, 1.807) is 4.90 Å². The van der Waals surface area contributed by atoms with Gasteiger partial charge in [-0.25, -0.2) is 0 Å². The molecule has 2 aliphatic rings. The smallest absolute Gasteiger partial charge is 0.247 e. The van der Waals surface area contributed by atoms with Crippen LogP contribution in [0.2, 0.25) is 0 Å². The van der Waals surface area contributed by atoms with E-state index in [4.69, 9.17) is 0 Å². The van der Waals surface area contributed by atoms with Gasteiger partial charge >= 0.3 is 0 Å². The Kier molecular flexibility index (Phi) is 6.12. The van der Waals surface area contributed by atoms with Crippen LogP contribution in [0.1, 0.15) is 36.8 Å². The van der Waals surface area contributed by atoms with Crippen LogP contribution in [0.3, 0.4) is 0 Å². The third-order valence-electron chi connectivity index (χ3n) is 5.81. The zero-order valence-electron chi connectivity index (χ0n) is 17.0. The fourth-order valence-electron chi connectivity index (χ4n) is 4.27. The van der Waals surface area contributed by atoms with Crippen LogP contribution in [-0.2, 0) is 27.3 Å². The number of benzene rings is 2. The molecule has 156 valence electrons. The summed E-state index contributed by atoms with van der Waals surface area (Å²) in [6.45, 7) is 1.96. The van der Waals surface area contributed by atoms with Crippen LogP contribution in [0.15, 0.2) is 54.6 Å². The van der Waals surface area contributed by atoms with Crippen molar-refractivity contribution in [2.75, 3.05) is 18.4 Å². The number of amides is 3. The number of hydrogen-bond acceptors (Lipinski definition) is 3. The maximum absolute atomic E-state index is 12.9. The lowest BCUT2D eigenvalue weighted by Crippen LogP contribution is -2.43. The molecule has 0 saturated carbocycles. The first-order chi connectivity index (χ1) is 14.6. The van der Waals surface area contributed by atoms with Gasteiger partial charge in [-0.2, -0.15) is 0 Å². The molecule has 3 amide bonds. The summed E-state index contributed by atoms with van der Waals surface area (Å²) in [4.78, 5) is 41.1. The highest BCUT2D eigenvalue weighted by molar-refractivity contribution is 5.97. The van der Waals surface area contributed by atoms with Gasteiger partial charge in [0, 0.05) is 31.7 Å². The summed E-state index contributed by atoms with van der Waals surface area (Å²) in [5.41, 5.74) is 2.65. The number of likely N-dealkylation sites (tertiary alicyclic amines) is 2. The molecule has 2 aliphatic heterocycles. The van der Waals surface area contributed by atoms with Gasteiger partial charge in [0.2, 0.25) is 17.7 Å². The number of rotatable bonds is 6. The van der Waals surface area contributed by atoms with Crippen LogP contribution in [0, 0.1) is 0 Å². The van der Waals surface area contributed by atoms with E-state index in [0.29, 0.717) is 38.0 Å². The van der Waals surface area contributed by atoms with Gasteiger partial charge in [0.15, 0.2) is 0 Å². The van der Waals surface area contributed by atoms with E-state index < -0.39 is 6.04 Å². The molecule has 0 spiro atoms. The minimum Gasteiger partial charge on any atom is -0.338 e. The predicted octanol–water partition coefficient (Wildman–Crippen LogP) is 2.98. The molecule has 1 N–H and O–H groups in total. The topological polar surface area (TPSA) is 69.7 Å². The lowest BCUT2D eigenvalue weighted by molar-refractivity contribution is -0.136. The summed E-state index contributed by atoms with van der Waals surface area (Å²) in [6, 6.07) is 16.8. The second kappa shape index (κ2) is 9.11. The molecule has 6 heteroatoms. The molecular weight excluding hydrogens is 378 g/mol. The maximum atomic E-state index is 12.9. The van der Waals surface area contributed by atoms with Crippen LogP contribution in [0.5, 0.6) is 0 Å². The van der Waals surface area contributed by atoms with Crippen molar-refractivity contribution in [2.45, 2.75) is 44.7 Å². The molecule has 4 rings (SSSR count). The molecule has 30 heavy (non-hydrogen) atoms. The molecule has 0 bridgehead atoms. The van der Waals surface area contributed by atoms with Crippen LogP contribution in [0.4, 0.5) is 5.69 Å². The van der Waals surface area contributed by atoms with Crippen LogP contribution in [0.25, 0.3) is 0 Å². The van der Waals surface area contributed by atoms with E-state index in [9.17, 15) is 14.4 Å². The molecule has 2 saturated heterocycles. The molecule has 2 aromatic carbocycles. The molecule has 2 aromatic rings. The minimum atomic E-state index is -0.440. The Morgan fingerprint density at radius 2 is 1.77 bits per heavy atom. The van der Waals surface area contributed by atoms with Crippen molar-refractivity contribution < 1.29 is 14.4 Å². The van der Waals surface area contributed by atoms with Gasteiger partial charge in [0.25, 0.3) is 0 Å². The first kappa shape index (κ1) is 20.1. The number of nitrogens with one attached hydrogen (secondary N) is 1. The summed E-state index contributed by atoms with van der Waals surface area (Å²) in [5.74, 6) is 0.0198. The monoisotopic (exact) mass is 405 g/mol. The van der Waals surface area contributed by atoms with Crippen molar-refractivity contribution in [2.24, 2.45) is 0 Å². The molecule has 1 unspecified atom stereocenters. The van der Waals surface area contributed by atoms with Crippen molar-refractivity contribution in [1.82, 2.24) is 9.80 Å². The second-order valence-corrected chi connectivity index (χ2v) is 8.02. The third-order valence-corrected chi connectivity index (χ3v) is 5.81. The Hall–Kier alpha value is -3.15. The van der Waals surface area contributed by atoms with Gasteiger partial charge in [0.1, 0.15) is 6.04 Å².